The van der Waals surface area contributed by atoms with E-state index in [1.807, 2.05) is 50.5 Å². The molecular formula is C14H17N3O. The summed E-state index contributed by atoms with van der Waals surface area (Å²) in [4.78, 5) is 6.29. The van der Waals surface area contributed by atoms with Crippen LogP contribution in [-0.2, 0) is 0 Å². The standard InChI is InChI=1S/C14H17N3O/c1-15-14-10-12(7-8-16-14)17(2)11-5-4-6-13(9-11)18-3/h4-10H,1-3H3,(H,15,16). The first-order chi connectivity index (χ1) is 8.74. The zero-order valence-corrected chi connectivity index (χ0v) is 10.8. The highest BCUT2D eigenvalue weighted by Crippen LogP contribution is 2.27. The third-order valence-corrected chi connectivity index (χ3v) is 2.83. The van der Waals surface area contributed by atoms with E-state index in [1.165, 1.54) is 0 Å². The lowest BCUT2D eigenvalue weighted by Gasteiger charge is -2.20. The molecule has 0 saturated heterocycles. The molecule has 0 amide bonds. The van der Waals surface area contributed by atoms with Crippen molar-refractivity contribution >= 4 is 17.2 Å². The van der Waals surface area contributed by atoms with Gasteiger partial charge in [0.25, 0.3) is 0 Å². The molecular weight excluding hydrogens is 226 g/mol. The van der Waals surface area contributed by atoms with Crippen LogP contribution in [0.25, 0.3) is 0 Å². The van der Waals surface area contributed by atoms with Gasteiger partial charge in [-0.2, -0.15) is 0 Å². The van der Waals surface area contributed by atoms with Crippen LogP contribution in [0.2, 0.25) is 0 Å². The van der Waals surface area contributed by atoms with Gasteiger partial charge in [0.05, 0.1) is 7.11 Å². The third kappa shape index (κ3) is 2.53. The summed E-state index contributed by atoms with van der Waals surface area (Å²) < 4.78 is 5.23. The number of hydrogen-bond donors (Lipinski definition) is 1. The van der Waals surface area contributed by atoms with Crippen LogP contribution in [0.5, 0.6) is 5.75 Å². The van der Waals surface area contributed by atoms with Crippen molar-refractivity contribution in [2.75, 3.05) is 31.4 Å². The maximum atomic E-state index is 5.23. The van der Waals surface area contributed by atoms with Crippen LogP contribution in [-0.4, -0.2) is 26.2 Å². The first-order valence-electron chi connectivity index (χ1n) is 5.76. The summed E-state index contributed by atoms with van der Waals surface area (Å²) in [6, 6.07) is 11.9. The van der Waals surface area contributed by atoms with Gasteiger partial charge in [0.2, 0.25) is 0 Å². The van der Waals surface area contributed by atoms with E-state index in [9.17, 15) is 0 Å². The fraction of sp³-hybridized carbons (Fsp3) is 0.214. The van der Waals surface area contributed by atoms with E-state index in [2.05, 4.69) is 15.2 Å². The van der Waals surface area contributed by atoms with Crippen molar-refractivity contribution < 1.29 is 4.74 Å². The number of pyridine rings is 1. The van der Waals surface area contributed by atoms with Crippen molar-refractivity contribution in [3.63, 3.8) is 0 Å². The largest absolute Gasteiger partial charge is 0.497 e. The molecule has 0 spiro atoms. The fourth-order valence-corrected chi connectivity index (χ4v) is 1.73. The minimum Gasteiger partial charge on any atom is -0.497 e. The summed E-state index contributed by atoms with van der Waals surface area (Å²) in [5, 5.41) is 3.03. The molecule has 0 aliphatic carbocycles. The SMILES string of the molecule is CNc1cc(N(C)c2cccc(OC)c2)ccn1. The van der Waals surface area contributed by atoms with Gasteiger partial charge in [-0.25, -0.2) is 4.98 Å². The van der Waals surface area contributed by atoms with E-state index in [1.54, 1.807) is 13.3 Å². The Morgan fingerprint density at radius 1 is 1.17 bits per heavy atom. The summed E-state index contributed by atoms with van der Waals surface area (Å²) in [6.07, 6.45) is 1.79. The molecule has 1 aromatic heterocycles. The molecule has 0 saturated carbocycles. The first-order valence-corrected chi connectivity index (χ1v) is 5.76. The monoisotopic (exact) mass is 243 g/mol. The molecule has 0 bridgehead atoms. The van der Waals surface area contributed by atoms with Gasteiger partial charge in [-0.1, -0.05) is 6.07 Å². The van der Waals surface area contributed by atoms with E-state index in [0.717, 1.165) is 22.9 Å². The van der Waals surface area contributed by atoms with Gasteiger partial charge in [0, 0.05) is 43.8 Å². The van der Waals surface area contributed by atoms with Crippen LogP contribution in [0, 0.1) is 0 Å². The van der Waals surface area contributed by atoms with E-state index in [0.29, 0.717) is 0 Å². The molecule has 4 nitrogen and oxygen atoms in total. The van der Waals surface area contributed by atoms with Crippen molar-refractivity contribution in [3.8, 4) is 5.75 Å². The lowest BCUT2D eigenvalue weighted by molar-refractivity contribution is 0.415. The molecule has 94 valence electrons. The number of aromatic nitrogens is 1. The summed E-state index contributed by atoms with van der Waals surface area (Å²) in [6.45, 7) is 0. The highest BCUT2D eigenvalue weighted by molar-refractivity contribution is 5.65. The van der Waals surface area contributed by atoms with Crippen LogP contribution >= 0.6 is 0 Å². The van der Waals surface area contributed by atoms with Crippen molar-refractivity contribution in [2.45, 2.75) is 0 Å². The molecule has 18 heavy (non-hydrogen) atoms. The average molecular weight is 243 g/mol. The first kappa shape index (κ1) is 12.2. The second-order valence-electron chi connectivity index (χ2n) is 3.91. The molecule has 0 aliphatic rings. The zero-order valence-electron chi connectivity index (χ0n) is 10.8. The van der Waals surface area contributed by atoms with Crippen LogP contribution < -0.4 is 15.0 Å². The summed E-state index contributed by atoms with van der Waals surface area (Å²) in [7, 11) is 5.55. The predicted molar refractivity (Wildman–Crippen MR) is 74.8 cm³/mol. The highest BCUT2D eigenvalue weighted by Gasteiger charge is 2.05. The van der Waals surface area contributed by atoms with Crippen LogP contribution in [0.15, 0.2) is 42.6 Å². The Morgan fingerprint density at radius 3 is 2.67 bits per heavy atom. The summed E-state index contributed by atoms with van der Waals surface area (Å²) >= 11 is 0. The van der Waals surface area contributed by atoms with Crippen molar-refractivity contribution in [3.05, 3.63) is 42.6 Å². The molecule has 1 heterocycles. The number of nitrogens with zero attached hydrogens (tertiary/aromatic N) is 2. The lowest BCUT2D eigenvalue weighted by Crippen LogP contribution is -2.10. The fourth-order valence-electron chi connectivity index (χ4n) is 1.73. The Labute approximate surface area is 107 Å². The summed E-state index contributed by atoms with van der Waals surface area (Å²) in [5.74, 6) is 1.70. The molecule has 4 heteroatoms. The van der Waals surface area contributed by atoms with E-state index < -0.39 is 0 Å². The van der Waals surface area contributed by atoms with Gasteiger partial charge < -0.3 is 15.0 Å². The molecule has 0 radical (unpaired) electrons. The van der Waals surface area contributed by atoms with Gasteiger partial charge in [-0.15, -0.1) is 0 Å². The number of nitrogens with one attached hydrogen (secondary N) is 1. The second-order valence-corrected chi connectivity index (χ2v) is 3.91. The Bertz CT molecular complexity index is 480. The number of ether oxygens (including phenoxy) is 1. The van der Waals surface area contributed by atoms with Gasteiger partial charge in [0.1, 0.15) is 11.6 Å². The predicted octanol–water partition coefficient (Wildman–Crippen LogP) is 2.90. The number of rotatable bonds is 4. The molecule has 0 fully saturated rings. The molecule has 0 unspecified atom stereocenters. The summed E-state index contributed by atoms with van der Waals surface area (Å²) in [5.41, 5.74) is 2.14. The van der Waals surface area contributed by atoms with Gasteiger partial charge in [0.15, 0.2) is 0 Å². The van der Waals surface area contributed by atoms with Crippen molar-refractivity contribution in [1.82, 2.24) is 4.98 Å². The number of methoxy groups -OCH3 is 1. The number of anilines is 3. The van der Waals surface area contributed by atoms with E-state index in [4.69, 9.17) is 4.74 Å². The van der Waals surface area contributed by atoms with Crippen LogP contribution in [0.4, 0.5) is 17.2 Å². The third-order valence-electron chi connectivity index (χ3n) is 2.83. The van der Waals surface area contributed by atoms with E-state index >= 15 is 0 Å². The van der Waals surface area contributed by atoms with Crippen molar-refractivity contribution in [2.24, 2.45) is 0 Å². The van der Waals surface area contributed by atoms with Crippen LogP contribution in [0.1, 0.15) is 0 Å². The van der Waals surface area contributed by atoms with E-state index in [-0.39, 0.29) is 0 Å². The van der Waals surface area contributed by atoms with Crippen LogP contribution in [0.3, 0.4) is 0 Å². The number of hydrogen-bond acceptors (Lipinski definition) is 4. The highest BCUT2D eigenvalue weighted by atomic mass is 16.5. The van der Waals surface area contributed by atoms with Gasteiger partial charge in [-0.3, -0.25) is 0 Å². The van der Waals surface area contributed by atoms with Crippen molar-refractivity contribution in [1.29, 1.82) is 0 Å². The maximum absolute atomic E-state index is 5.23. The maximum Gasteiger partial charge on any atom is 0.127 e. The Balaban J connectivity index is 2.31. The zero-order chi connectivity index (χ0) is 13.0. The molecule has 1 aromatic carbocycles. The van der Waals surface area contributed by atoms with Gasteiger partial charge >= 0.3 is 0 Å². The Morgan fingerprint density at radius 2 is 1.94 bits per heavy atom. The quantitative estimate of drug-likeness (QED) is 0.896. The normalized spacial score (nSPS) is 9.94. The minimum atomic E-state index is 0.849. The lowest BCUT2D eigenvalue weighted by atomic mass is 10.2. The minimum absolute atomic E-state index is 0.849. The van der Waals surface area contributed by atoms with Gasteiger partial charge in [-0.05, 0) is 18.2 Å². The smallest absolute Gasteiger partial charge is 0.127 e. The number of benzene rings is 1. The second kappa shape index (κ2) is 5.40. The Hall–Kier alpha value is -2.23. The molecule has 2 aromatic rings. The molecule has 0 atom stereocenters. The molecule has 0 aliphatic heterocycles. The average Bonchev–Trinajstić information content (AvgIpc) is 2.46. The Kier molecular flexibility index (Phi) is 3.67. The molecule has 1 N–H and O–H groups in total. The molecule has 2 rings (SSSR count). The topological polar surface area (TPSA) is 37.4 Å².